The van der Waals surface area contributed by atoms with Crippen LogP contribution in [0.5, 0.6) is 12.0 Å². The predicted molar refractivity (Wildman–Crippen MR) is 240 cm³/mol. The maximum absolute atomic E-state index is 7.00. The van der Waals surface area contributed by atoms with E-state index >= 15 is 0 Å². The molecule has 2 aliphatic heterocycles. The molecular formula is C48H66N8O3. The molecule has 2 aromatic carbocycles. The molecule has 6 N–H and O–H groups in total. The molecule has 0 atom stereocenters. The summed E-state index contributed by atoms with van der Waals surface area (Å²) in [5, 5.41) is 10.4. The third kappa shape index (κ3) is 11.7. The minimum atomic E-state index is 0.402. The van der Waals surface area contributed by atoms with Crippen LogP contribution in [0, 0.1) is 0 Å². The number of anilines is 2. The molecule has 0 saturated carbocycles. The van der Waals surface area contributed by atoms with E-state index in [-0.39, 0.29) is 0 Å². The van der Waals surface area contributed by atoms with Crippen LogP contribution in [-0.2, 0) is 25.7 Å². The van der Waals surface area contributed by atoms with E-state index < -0.39 is 0 Å². The SMILES string of the molecule is CCCCOc1nc(N)c2c(n1)C(Cc1ccc(C3CCN(C)CC3)cc1)=CC2.CCCCOc1nc(N)c2c(n1)C(Cc1ccc(C3CCNCC3)cc1)=CC2.CO. The van der Waals surface area contributed by atoms with Gasteiger partial charge in [-0.1, -0.05) is 87.4 Å². The van der Waals surface area contributed by atoms with Crippen LogP contribution in [0.1, 0.15) is 122 Å². The zero-order valence-corrected chi connectivity index (χ0v) is 35.8. The van der Waals surface area contributed by atoms with Gasteiger partial charge < -0.3 is 36.3 Å². The minimum Gasteiger partial charge on any atom is -0.463 e. The molecule has 2 fully saturated rings. The van der Waals surface area contributed by atoms with Crippen molar-refractivity contribution in [1.82, 2.24) is 30.2 Å². The van der Waals surface area contributed by atoms with Gasteiger partial charge in [0, 0.05) is 18.2 Å². The Morgan fingerprint density at radius 2 is 1.07 bits per heavy atom. The number of fused-ring (bicyclic) bond motifs is 2. The van der Waals surface area contributed by atoms with Gasteiger partial charge in [-0.3, -0.25) is 0 Å². The van der Waals surface area contributed by atoms with Gasteiger partial charge in [0.2, 0.25) is 0 Å². The van der Waals surface area contributed by atoms with Gasteiger partial charge in [-0.25, -0.2) is 0 Å². The largest absolute Gasteiger partial charge is 0.463 e. The number of ether oxygens (including phenoxy) is 2. The number of hydrogen-bond donors (Lipinski definition) is 4. The summed E-state index contributed by atoms with van der Waals surface area (Å²) in [7, 11) is 3.21. The van der Waals surface area contributed by atoms with Gasteiger partial charge in [-0.05, 0) is 143 Å². The highest BCUT2D eigenvalue weighted by atomic mass is 16.5. The van der Waals surface area contributed by atoms with E-state index in [1.807, 2.05) is 0 Å². The Kier molecular flexibility index (Phi) is 16.3. The van der Waals surface area contributed by atoms with Crippen molar-refractivity contribution < 1.29 is 14.6 Å². The first kappa shape index (κ1) is 43.7. The number of rotatable bonds is 14. The van der Waals surface area contributed by atoms with E-state index in [4.69, 9.17) is 26.0 Å². The van der Waals surface area contributed by atoms with Crippen LogP contribution < -0.4 is 26.3 Å². The second kappa shape index (κ2) is 22.0. The molecule has 0 unspecified atom stereocenters. The molecule has 0 spiro atoms. The summed E-state index contributed by atoms with van der Waals surface area (Å²) in [5.74, 6) is 2.48. The molecule has 2 saturated heterocycles. The number of aromatic nitrogens is 4. The third-order valence-corrected chi connectivity index (χ3v) is 12.0. The van der Waals surface area contributed by atoms with Crippen molar-refractivity contribution in [1.29, 1.82) is 0 Å². The van der Waals surface area contributed by atoms with Crippen molar-refractivity contribution in [3.05, 3.63) is 105 Å². The molecule has 4 aromatic rings. The van der Waals surface area contributed by atoms with E-state index in [1.165, 1.54) is 72.2 Å². The Hall–Kier alpha value is -4.84. The van der Waals surface area contributed by atoms with Crippen molar-refractivity contribution in [2.24, 2.45) is 0 Å². The van der Waals surface area contributed by atoms with Crippen molar-refractivity contribution in [2.45, 2.75) is 103 Å². The van der Waals surface area contributed by atoms with Crippen LogP contribution in [0.3, 0.4) is 0 Å². The molecular weight excluding hydrogens is 737 g/mol. The van der Waals surface area contributed by atoms with E-state index in [2.05, 4.69) is 112 Å². The standard InChI is InChI=1S/C24H32N4O.C23H30N4O.CH4O/c1-3-4-15-29-24-26-22-20(9-10-21(22)23(25)27-24)16-17-5-7-18(8-6-17)19-11-13-28(2)14-12-19;1-2-3-14-28-23-26-21-19(8-9-20(21)22(24)27-23)15-16-4-6-17(7-5-16)18-10-12-25-13-11-18;1-2/h5-9,19H,3-4,10-16H2,1-2H3,(H2,25,26,27);4-8,18,25H,2-3,9-15H2,1H3,(H2,24,26,27);2H,1H3. The quantitative estimate of drug-likeness (QED) is 0.0926. The van der Waals surface area contributed by atoms with Gasteiger partial charge in [0.05, 0.1) is 24.6 Å². The van der Waals surface area contributed by atoms with Gasteiger partial charge in [0.25, 0.3) is 0 Å². The number of allylic oxidation sites excluding steroid dienone is 4. The molecule has 2 aliphatic carbocycles. The number of nitrogens with zero attached hydrogens (tertiary/aromatic N) is 5. The highest BCUT2D eigenvalue weighted by Crippen LogP contribution is 2.35. The molecule has 11 heteroatoms. The number of hydrogen-bond acceptors (Lipinski definition) is 11. The van der Waals surface area contributed by atoms with Crippen LogP contribution in [-0.4, -0.2) is 83.5 Å². The number of unbranched alkanes of at least 4 members (excludes halogenated alkanes) is 2. The van der Waals surface area contributed by atoms with E-state index in [9.17, 15) is 0 Å². The van der Waals surface area contributed by atoms with Crippen LogP contribution in [0.25, 0.3) is 11.1 Å². The Labute approximate surface area is 351 Å². The fourth-order valence-corrected chi connectivity index (χ4v) is 8.35. The molecule has 0 radical (unpaired) electrons. The van der Waals surface area contributed by atoms with Gasteiger partial charge in [0.1, 0.15) is 11.6 Å². The van der Waals surface area contributed by atoms with Crippen molar-refractivity contribution >= 4 is 22.8 Å². The number of aliphatic hydroxyl groups excluding tert-OH is 1. The predicted octanol–water partition coefficient (Wildman–Crippen LogP) is 7.72. The summed E-state index contributed by atoms with van der Waals surface area (Å²) < 4.78 is 11.4. The van der Waals surface area contributed by atoms with E-state index in [1.54, 1.807) is 0 Å². The van der Waals surface area contributed by atoms with Crippen LogP contribution >= 0.6 is 0 Å². The highest BCUT2D eigenvalue weighted by Gasteiger charge is 2.24. The van der Waals surface area contributed by atoms with Gasteiger partial charge >= 0.3 is 12.0 Å². The lowest BCUT2D eigenvalue weighted by Crippen LogP contribution is -2.29. The van der Waals surface area contributed by atoms with Crippen LogP contribution in [0.4, 0.5) is 11.6 Å². The Bertz CT molecular complexity index is 2000. The van der Waals surface area contributed by atoms with Gasteiger partial charge in [-0.2, -0.15) is 19.9 Å². The monoisotopic (exact) mass is 803 g/mol. The summed E-state index contributed by atoms with van der Waals surface area (Å²) >= 11 is 0. The molecule has 0 amide bonds. The maximum Gasteiger partial charge on any atom is 0.318 e. The number of piperidine rings is 2. The number of nitrogen functional groups attached to an aromatic ring is 2. The van der Waals surface area contributed by atoms with Crippen molar-refractivity contribution in [3.8, 4) is 12.0 Å². The molecule has 2 aromatic heterocycles. The lowest BCUT2D eigenvalue weighted by atomic mass is 9.88. The lowest BCUT2D eigenvalue weighted by molar-refractivity contribution is 0.255. The first-order valence-electron chi connectivity index (χ1n) is 21.9. The molecule has 4 aliphatic rings. The summed E-state index contributed by atoms with van der Waals surface area (Å²) in [6.07, 6.45) is 16.9. The second-order valence-corrected chi connectivity index (χ2v) is 16.1. The first-order chi connectivity index (χ1) is 28.9. The molecule has 8 rings (SSSR count). The summed E-state index contributed by atoms with van der Waals surface area (Å²) in [5.41, 5.74) is 24.3. The van der Waals surface area contributed by atoms with Crippen LogP contribution in [0.2, 0.25) is 0 Å². The first-order valence-corrected chi connectivity index (χ1v) is 21.9. The molecule has 11 nitrogen and oxygen atoms in total. The number of likely N-dealkylation sites (tertiary alicyclic amines) is 1. The fraction of sp³-hybridized carbons (Fsp3) is 0.500. The normalized spacial score (nSPS) is 16.5. The Balaban J connectivity index is 0.000000191. The topological polar surface area (TPSA) is 158 Å². The summed E-state index contributed by atoms with van der Waals surface area (Å²) in [6.45, 7) is 10.2. The zero-order chi connectivity index (χ0) is 41.6. The molecule has 4 heterocycles. The summed E-state index contributed by atoms with van der Waals surface area (Å²) in [4.78, 5) is 20.4. The number of benzene rings is 2. The molecule has 316 valence electrons. The molecule has 59 heavy (non-hydrogen) atoms. The average molecular weight is 803 g/mol. The van der Waals surface area contributed by atoms with E-state index in [0.29, 0.717) is 48.7 Å². The third-order valence-electron chi connectivity index (χ3n) is 12.0. The Morgan fingerprint density at radius 1 is 0.644 bits per heavy atom. The lowest BCUT2D eigenvalue weighted by Gasteiger charge is -2.29. The fourth-order valence-electron chi connectivity index (χ4n) is 8.35. The van der Waals surface area contributed by atoms with Gasteiger partial charge in [0.15, 0.2) is 0 Å². The van der Waals surface area contributed by atoms with Crippen LogP contribution in [0.15, 0.2) is 60.7 Å². The zero-order valence-electron chi connectivity index (χ0n) is 35.8. The molecule has 0 bridgehead atoms. The minimum absolute atomic E-state index is 0.402. The highest BCUT2D eigenvalue weighted by molar-refractivity contribution is 5.76. The number of aliphatic hydroxyl groups is 1. The number of nitrogens with two attached hydrogens (primary N) is 2. The summed E-state index contributed by atoms with van der Waals surface area (Å²) in [6, 6.07) is 19.1. The van der Waals surface area contributed by atoms with E-state index in [0.717, 1.165) is 94.1 Å². The van der Waals surface area contributed by atoms with Crippen molar-refractivity contribution in [3.63, 3.8) is 0 Å². The Morgan fingerprint density at radius 3 is 1.49 bits per heavy atom. The average Bonchev–Trinajstić information content (AvgIpc) is 3.87. The van der Waals surface area contributed by atoms with Gasteiger partial charge in [-0.15, -0.1) is 0 Å². The smallest absolute Gasteiger partial charge is 0.318 e. The maximum atomic E-state index is 7.00. The second-order valence-electron chi connectivity index (χ2n) is 16.1. The number of nitrogens with one attached hydrogen (secondary N) is 1. The van der Waals surface area contributed by atoms with Crippen molar-refractivity contribution in [2.75, 3.05) is 65.0 Å².